The summed E-state index contributed by atoms with van der Waals surface area (Å²) >= 11 is 0. The topological polar surface area (TPSA) is 288 Å². The summed E-state index contributed by atoms with van der Waals surface area (Å²) in [5.74, 6) is -9.85. The molecule has 0 saturated carbocycles. The number of anilines is 4. The maximum absolute atomic E-state index is 13.3. The fraction of sp³-hybridized carbons (Fsp3) is 0.132. The molecule has 25 nitrogen and oxygen atoms in total. The lowest BCUT2D eigenvalue weighted by molar-refractivity contribution is -0.151. The van der Waals surface area contributed by atoms with Crippen LogP contribution in [0, 0.1) is 18.8 Å². The Bertz CT molecular complexity index is 6810. The highest BCUT2D eigenvalue weighted by Crippen LogP contribution is 2.38. The molecule has 0 aliphatic carbocycles. The van der Waals surface area contributed by atoms with Crippen LogP contribution in [0.15, 0.2) is 449 Å². The molecule has 5 saturated heterocycles. The zero-order valence-corrected chi connectivity index (χ0v) is 79.8. The highest BCUT2D eigenvalue weighted by Gasteiger charge is 2.52. The van der Waals surface area contributed by atoms with Crippen molar-refractivity contribution >= 4 is 112 Å². The number of hydrogen-bond acceptors (Lipinski definition) is 15. The number of urea groups is 5. The number of amides is 20. The average Bonchev–Trinajstić information content (AvgIpc) is 0.744. The lowest BCUT2D eigenvalue weighted by Gasteiger charge is -2.37. The molecule has 726 valence electrons. The first-order valence-electron chi connectivity index (χ1n) is 47.8. The number of para-hydroxylation sites is 3. The van der Waals surface area contributed by atoms with Gasteiger partial charge in [-0.2, -0.15) is 0 Å². The van der Waals surface area contributed by atoms with Crippen LogP contribution in [0.4, 0.5) is 46.7 Å². The minimum Gasteiger partial charge on any atom is -0.273 e. The van der Waals surface area contributed by atoms with E-state index >= 15 is 0 Å². The Morgan fingerprint density at radius 2 is 0.390 bits per heavy atom. The number of nitrogens with zero attached hydrogens (tertiary/aromatic N) is 10. The minimum atomic E-state index is -1.08. The first kappa shape index (κ1) is 100. The monoisotopic (exact) mass is 1930 g/mol. The van der Waals surface area contributed by atoms with Crippen LogP contribution in [-0.2, 0) is 99.8 Å². The Morgan fingerprint density at radius 1 is 0.178 bits per heavy atom. The fourth-order valence-corrected chi connectivity index (χ4v) is 17.8. The molecule has 146 heavy (non-hydrogen) atoms. The maximum Gasteiger partial charge on any atom is 0.342 e. The largest absolute Gasteiger partial charge is 0.342 e. The van der Waals surface area contributed by atoms with Gasteiger partial charge in [-0.25, -0.2) is 43.6 Å². The molecule has 3 atom stereocenters. The van der Waals surface area contributed by atoms with E-state index in [0.717, 1.165) is 69.7 Å². The van der Waals surface area contributed by atoms with Gasteiger partial charge in [-0.3, -0.25) is 77.3 Å². The second-order valence-corrected chi connectivity index (χ2v) is 35.1. The van der Waals surface area contributed by atoms with E-state index in [2.05, 4.69) is 0 Å². The molecule has 0 aromatic heterocycles. The number of carbonyl (C=O) groups is 15. The smallest absolute Gasteiger partial charge is 0.273 e. The van der Waals surface area contributed by atoms with Gasteiger partial charge in [0.15, 0.2) is 0 Å². The third kappa shape index (κ3) is 23.8. The van der Waals surface area contributed by atoms with E-state index in [4.69, 9.17) is 0 Å². The van der Waals surface area contributed by atoms with E-state index < -0.39 is 119 Å². The third-order valence-corrected chi connectivity index (χ3v) is 25.2. The molecule has 5 fully saturated rings. The standard InChI is InChI=1S/2C25H22N2O3.2C24H20N2O3.C23H18N2O3/c28-23-22(16-19-10-4-1-5-11-19)24(29)27(18-21-14-8-3-9-15-21)25(30)26(23)17-20-12-6-2-7-13-20;28-23-22(18-20-12-6-2-7-13-20)24(29)27(21-14-8-3-9-15-21)25(30)26(23)17-16-19-10-4-1-5-11-19;27-22-21(20-14-8-3-9-15-20)23(28)26(17-19-12-6-2-7-13-19)24(29)25(22)16-18-10-4-1-5-11-18;27-22-21(19-12-6-2-7-13-19)23(28)26(20-14-8-3-9-15-20)24(29)25(22)17-16-18-10-4-1-5-11-18;1-16-9-8-14-19(15-16)25-22(27)20(17-10-4-2-5-11-17)21(26)24(23(25)28)18-12-6-3-7-13-18/h2*1-15,22H,16-18H2;2*1-15,21H,16-17H2;2-15,20H,1H3. The summed E-state index contributed by atoms with van der Waals surface area (Å²) in [4.78, 5) is 210. The Balaban J connectivity index is 0.000000131. The van der Waals surface area contributed by atoms with Crippen LogP contribution in [0.1, 0.15) is 84.5 Å². The normalized spacial score (nSPS) is 16.2. The van der Waals surface area contributed by atoms with Crippen LogP contribution in [0.2, 0.25) is 0 Å². The lowest BCUT2D eigenvalue weighted by atomic mass is 9.93. The van der Waals surface area contributed by atoms with Crippen LogP contribution < -0.4 is 19.6 Å². The molecule has 0 spiro atoms. The number of hydrogen-bond donors (Lipinski definition) is 0. The van der Waals surface area contributed by atoms with E-state index in [1.54, 1.807) is 170 Å². The van der Waals surface area contributed by atoms with Crippen molar-refractivity contribution < 1.29 is 71.9 Å². The molecule has 15 aromatic rings. The van der Waals surface area contributed by atoms with Crippen molar-refractivity contribution in [1.29, 1.82) is 0 Å². The third-order valence-electron chi connectivity index (χ3n) is 25.2. The van der Waals surface area contributed by atoms with Crippen LogP contribution in [0.25, 0.3) is 0 Å². The number of carbonyl (C=O) groups excluding carboxylic acids is 15. The van der Waals surface area contributed by atoms with Gasteiger partial charge in [-0.05, 0) is 148 Å². The van der Waals surface area contributed by atoms with Crippen molar-refractivity contribution in [2.75, 3.05) is 32.7 Å². The summed E-state index contributed by atoms with van der Waals surface area (Å²) < 4.78 is 0. The van der Waals surface area contributed by atoms with E-state index in [-0.39, 0.29) is 52.1 Å². The van der Waals surface area contributed by atoms with E-state index in [0.29, 0.717) is 52.3 Å². The van der Waals surface area contributed by atoms with Crippen molar-refractivity contribution in [3.8, 4) is 0 Å². The van der Waals surface area contributed by atoms with E-state index in [1.165, 1.54) is 29.4 Å². The van der Waals surface area contributed by atoms with Crippen LogP contribution in [0.3, 0.4) is 0 Å². The first-order valence-corrected chi connectivity index (χ1v) is 47.8. The molecule has 20 rings (SSSR count). The number of barbiturate groups is 5. The summed E-state index contributed by atoms with van der Waals surface area (Å²) in [7, 11) is 0. The maximum atomic E-state index is 13.3. The SMILES string of the molecule is Cc1cccc(N2C(=O)C(c3ccccc3)C(=O)N(c3ccccc3)C2=O)c1.O=C1C(Cc2ccccc2)C(=O)N(Cc2ccccc2)C(=O)N1Cc1ccccc1.O=C1C(Cc2ccccc2)C(=O)N(c2ccccc2)C(=O)N1CCc1ccccc1.O=C1C(c2ccccc2)C(=O)N(Cc2ccccc2)C(=O)N1Cc1ccccc1.O=C1C(c2ccccc2)C(=O)N(c2ccccc2)C(=O)N1CCc1ccccc1. The Labute approximate surface area is 845 Å². The predicted octanol–water partition coefficient (Wildman–Crippen LogP) is 20.4. The van der Waals surface area contributed by atoms with Gasteiger partial charge in [0, 0.05) is 13.1 Å². The van der Waals surface area contributed by atoms with Crippen LogP contribution in [-0.4, -0.2) is 132 Å². The van der Waals surface area contributed by atoms with Gasteiger partial charge in [0.05, 0.1) is 48.9 Å². The van der Waals surface area contributed by atoms with E-state index in [9.17, 15) is 71.9 Å². The second-order valence-electron chi connectivity index (χ2n) is 35.1. The quantitative estimate of drug-likeness (QED) is 0.0481. The molecule has 5 aliphatic rings. The molecular formula is C121H102N10O15. The van der Waals surface area contributed by atoms with Crippen molar-refractivity contribution in [1.82, 2.24) is 29.4 Å². The van der Waals surface area contributed by atoms with Gasteiger partial charge >= 0.3 is 30.2 Å². The van der Waals surface area contributed by atoms with Crippen molar-refractivity contribution in [3.05, 3.63) is 516 Å². The number of imide groups is 10. The van der Waals surface area contributed by atoms with E-state index in [1.807, 2.05) is 286 Å². The number of rotatable bonds is 25. The number of aryl methyl sites for hydroxylation is 1. The molecular weight excluding hydrogens is 1830 g/mol. The summed E-state index contributed by atoms with van der Waals surface area (Å²) in [5, 5.41) is 0. The van der Waals surface area contributed by atoms with Gasteiger partial charge in [0.1, 0.15) is 29.6 Å². The molecule has 0 radical (unpaired) electrons. The Kier molecular flexibility index (Phi) is 33.0. The zero-order valence-electron chi connectivity index (χ0n) is 79.8. The highest BCUT2D eigenvalue weighted by atomic mass is 16.2. The second kappa shape index (κ2) is 48.0. The van der Waals surface area contributed by atoms with Gasteiger partial charge < -0.3 is 0 Å². The predicted molar refractivity (Wildman–Crippen MR) is 554 cm³/mol. The van der Waals surface area contributed by atoms with Crippen molar-refractivity contribution in [2.45, 2.75) is 76.5 Å². The zero-order chi connectivity index (χ0) is 102. The highest BCUT2D eigenvalue weighted by molar-refractivity contribution is 6.38. The molecule has 15 aromatic carbocycles. The molecule has 0 N–H and O–H groups in total. The van der Waals surface area contributed by atoms with Gasteiger partial charge in [0.25, 0.3) is 17.7 Å². The van der Waals surface area contributed by atoms with Gasteiger partial charge in [-0.1, -0.05) is 400 Å². The summed E-state index contributed by atoms with van der Waals surface area (Å²) in [6.45, 7) is 2.86. The minimum absolute atomic E-state index is 0.125. The fourth-order valence-electron chi connectivity index (χ4n) is 17.8. The van der Waals surface area contributed by atoms with Crippen molar-refractivity contribution in [3.63, 3.8) is 0 Å². The summed E-state index contributed by atoms with van der Waals surface area (Å²) in [6.07, 6.45) is 1.59. The Hall–Kier alpha value is -18.7. The molecule has 0 bridgehead atoms. The van der Waals surface area contributed by atoms with Crippen molar-refractivity contribution in [2.24, 2.45) is 11.8 Å². The molecule has 5 heterocycles. The summed E-state index contributed by atoms with van der Waals surface area (Å²) in [6, 6.07) is 132. The summed E-state index contributed by atoms with van der Waals surface area (Å²) in [5.41, 5.74) is 11.6. The average molecular weight is 1940 g/mol. The molecule has 20 amide bonds. The molecule has 5 aliphatic heterocycles. The van der Waals surface area contributed by atoms with Crippen LogP contribution >= 0.6 is 0 Å². The first-order chi connectivity index (χ1) is 71.2. The Morgan fingerprint density at radius 3 is 0.699 bits per heavy atom. The van der Waals surface area contributed by atoms with Gasteiger partial charge in [-0.15, -0.1) is 0 Å². The lowest BCUT2D eigenvalue weighted by Crippen LogP contribution is -2.60. The molecule has 3 unspecified atom stereocenters. The van der Waals surface area contributed by atoms with Crippen LogP contribution in [0.5, 0.6) is 0 Å². The van der Waals surface area contributed by atoms with Gasteiger partial charge in [0.2, 0.25) is 41.4 Å². The molecule has 25 heteroatoms. The number of benzene rings is 15.